The highest BCUT2D eigenvalue weighted by molar-refractivity contribution is 7.80. The third-order valence-electron chi connectivity index (χ3n) is 5.97. The molecule has 0 aromatic heterocycles. The number of rotatable bonds is 28. The van der Waals surface area contributed by atoms with Gasteiger partial charge in [-0.25, -0.2) is 0 Å². The van der Waals surface area contributed by atoms with Crippen LogP contribution >= 0.6 is 50.5 Å². The van der Waals surface area contributed by atoms with Crippen LogP contribution in [0.3, 0.4) is 0 Å². The van der Waals surface area contributed by atoms with Crippen molar-refractivity contribution in [3.8, 4) is 0 Å². The molecule has 0 aliphatic carbocycles. The molecule has 0 N–H and O–H groups in total. The van der Waals surface area contributed by atoms with E-state index in [1.54, 1.807) is 0 Å². The van der Waals surface area contributed by atoms with Crippen LogP contribution in [-0.2, 0) is 38.1 Å². The van der Waals surface area contributed by atoms with Gasteiger partial charge in [0.25, 0.3) is 0 Å². The molecule has 15 heteroatoms. The minimum atomic E-state index is -0.279. The highest BCUT2D eigenvalue weighted by Crippen LogP contribution is 2.04. The highest BCUT2D eigenvalue weighted by atomic mass is 32.1. The van der Waals surface area contributed by atoms with Crippen molar-refractivity contribution in [3.05, 3.63) is 0 Å². The molecule has 0 heterocycles. The van der Waals surface area contributed by atoms with Gasteiger partial charge in [0.05, 0.1) is 25.7 Å². The molecule has 0 fully saturated rings. The smallest absolute Gasteiger partial charge is 0.307 e. The van der Waals surface area contributed by atoms with Gasteiger partial charge in [-0.3, -0.25) is 19.2 Å². The Hall–Kier alpha value is -0.840. The maximum absolute atomic E-state index is 11.9. The summed E-state index contributed by atoms with van der Waals surface area (Å²) in [5, 5.41) is 0. The van der Waals surface area contributed by atoms with E-state index >= 15 is 0 Å². The number of hydrogen-bond acceptors (Lipinski definition) is 15. The molecule has 0 aromatic rings. The van der Waals surface area contributed by atoms with E-state index in [9.17, 15) is 19.2 Å². The summed E-state index contributed by atoms with van der Waals surface area (Å²) in [6, 6.07) is 0. The summed E-state index contributed by atoms with van der Waals surface area (Å²) >= 11 is 16.2. The Morgan fingerprint density at radius 2 is 0.714 bits per heavy atom. The predicted octanol–water partition coefficient (Wildman–Crippen LogP) is 1.75. The van der Waals surface area contributed by atoms with Crippen LogP contribution < -0.4 is 0 Å². The second-order valence-corrected chi connectivity index (χ2v) is 11.3. The molecule has 0 atom stereocenters. The maximum Gasteiger partial charge on any atom is 0.307 e. The monoisotopic (exact) mass is 673 g/mol. The first-order chi connectivity index (χ1) is 20.2. The van der Waals surface area contributed by atoms with Crippen LogP contribution in [0.1, 0.15) is 38.5 Å². The van der Waals surface area contributed by atoms with E-state index in [0.717, 1.165) is 39.0 Å². The number of esters is 4. The molecular formula is C27H51N3O8S4. The molecule has 0 saturated carbocycles. The third kappa shape index (κ3) is 25.6. The van der Waals surface area contributed by atoms with E-state index in [1.165, 1.54) is 0 Å². The van der Waals surface area contributed by atoms with Crippen molar-refractivity contribution in [2.75, 3.05) is 109 Å². The lowest BCUT2D eigenvalue weighted by Crippen LogP contribution is -2.34. The number of ether oxygens (including phenoxy) is 4. The van der Waals surface area contributed by atoms with Gasteiger partial charge in [0.1, 0.15) is 26.4 Å². The molecule has 0 aromatic carbocycles. The zero-order valence-corrected chi connectivity index (χ0v) is 28.5. The second-order valence-electron chi connectivity index (χ2n) is 9.47. The lowest BCUT2D eigenvalue weighted by molar-refractivity contribution is -0.145. The summed E-state index contributed by atoms with van der Waals surface area (Å²) in [5.41, 5.74) is 0. The number of carbonyl (C=O) groups excluding carboxylic acids is 4. The fourth-order valence-electron chi connectivity index (χ4n) is 3.84. The molecule has 0 spiro atoms. The summed E-state index contributed by atoms with van der Waals surface area (Å²) in [6.45, 7) is 6.20. The van der Waals surface area contributed by atoms with Crippen LogP contribution in [0.15, 0.2) is 0 Å². The van der Waals surface area contributed by atoms with Gasteiger partial charge in [-0.05, 0) is 46.1 Å². The summed E-state index contributed by atoms with van der Waals surface area (Å²) in [6.07, 6.45) is 2.69. The SMILES string of the molecule is CN(CCCN(CCC(=O)OCCS)CCC(=O)OCCS)CCCN(CCC(=O)OCCS)CCC(=O)OCCS. The summed E-state index contributed by atoms with van der Waals surface area (Å²) in [5.74, 6) is 0.781. The summed E-state index contributed by atoms with van der Waals surface area (Å²) < 4.78 is 20.4. The quantitative estimate of drug-likeness (QED) is 0.0554. The number of carbonyl (C=O) groups is 4. The Morgan fingerprint density at radius 1 is 0.452 bits per heavy atom. The first-order valence-corrected chi connectivity index (χ1v) is 17.0. The van der Waals surface area contributed by atoms with E-state index < -0.39 is 0 Å². The van der Waals surface area contributed by atoms with Crippen molar-refractivity contribution in [2.45, 2.75) is 38.5 Å². The molecule has 0 unspecified atom stereocenters. The first-order valence-electron chi connectivity index (χ1n) is 14.4. The van der Waals surface area contributed by atoms with E-state index in [-0.39, 0.29) is 76.0 Å². The van der Waals surface area contributed by atoms with Gasteiger partial charge in [0.2, 0.25) is 0 Å². The Bertz CT molecular complexity index is 633. The van der Waals surface area contributed by atoms with Crippen molar-refractivity contribution in [1.29, 1.82) is 0 Å². The zero-order chi connectivity index (χ0) is 31.4. The van der Waals surface area contributed by atoms with E-state index in [1.807, 2.05) is 7.05 Å². The Kier molecular flexibility index (Phi) is 28.3. The van der Waals surface area contributed by atoms with Crippen molar-refractivity contribution < 1.29 is 38.1 Å². The largest absolute Gasteiger partial charge is 0.465 e. The average Bonchev–Trinajstić information content (AvgIpc) is 2.98. The van der Waals surface area contributed by atoms with Crippen molar-refractivity contribution >= 4 is 74.4 Å². The zero-order valence-electron chi connectivity index (χ0n) is 25.0. The molecule has 0 aliphatic heterocycles. The van der Waals surface area contributed by atoms with Crippen LogP contribution in [0.4, 0.5) is 0 Å². The minimum absolute atomic E-state index is 0.246. The molecule has 0 bridgehead atoms. The van der Waals surface area contributed by atoms with Gasteiger partial charge in [-0.1, -0.05) is 0 Å². The fourth-order valence-corrected chi connectivity index (χ4v) is 4.20. The first kappa shape index (κ1) is 41.2. The second kappa shape index (κ2) is 28.9. The lowest BCUT2D eigenvalue weighted by atomic mass is 10.2. The summed E-state index contributed by atoms with van der Waals surface area (Å²) in [4.78, 5) is 54.2. The van der Waals surface area contributed by atoms with Gasteiger partial charge in [0.15, 0.2) is 0 Å². The average molecular weight is 674 g/mol. The minimum Gasteiger partial charge on any atom is -0.465 e. The van der Waals surface area contributed by atoms with Crippen molar-refractivity contribution in [3.63, 3.8) is 0 Å². The maximum atomic E-state index is 11.9. The third-order valence-corrected chi connectivity index (χ3v) is 6.70. The van der Waals surface area contributed by atoms with E-state index in [0.29, 0.717) is 49.2 Å². The molecule has 0 rings (SSSR count). The highest BCUT2D eigenvalue weighted by Gasteiger charge is 2.14. The number of thiol groups is 4. The van der Waals surface area contributed by atoms with Gasteiger partial charge in [0, 0.05) is 49.2 Å². The van der Waals surface area contributed by atoms with Crippen molar-refractivity contribution in [1.82, 2.24) is 14.7 Å². The molecule has 0 amide bonds. The Balaban J connectivity index is 4.67. The topological polar surface area (TPSA) is 115 Å². The van der Waals surface area contributed by atoms with Gasteiger partial charge < -0.3 is 33.6 Å². The fraction of sp³-hybridized carbons (Fsp3) is 0.852. The van der Waals surface area contributed by atoms with Crippen LogP contribution in [-0.4, -0.2) is 147 Å². The Labute approximate surface area is 273 Å². The van der Waals surface area contributed by atoms with Crippen LogP contribution in [0.5, 0.6) is 0 Å². The normalized spacial score (nSPS) is 11.2. The number of hydrogen-bond donors (Lipinski definition) is 4. The number of nitrogens with zero attached hydrogens (tertiary/aromatic N) is 3. The van der Waals surface area contributed by atoms with Gasteiger partial charge in [-0.15, -0.1) is 0 Å². The summed E-state index contributed by atoms with van der Waals surface area (Å²) in [7, 11) is 2.04. The van der Waals surface area contributed by atoms with Crippen LogP contribution in [0.2, 0.25) is 0 Å². The molecule has 0 aliphatic rings. The molecule has 0 radical (unpaired) electrons. The van der Waals surface area contributed by atoms with Crippen LogP contribution in [0.25, 0.3) is 0 Å². The molecule has 11 nitrogen and oxygen atoms in total. The van der Waals surface area contributed by atoms with Gasteiger partial charge >= 0.3 is 23.9 Å². The van der Waals surface area contributed by atoms with Gasteiger partial charge in [-0.2, -0.15) is 50.5 Å². The van der Waals surface area contributed by atoms with E-state index in [2.05, 4.69) is 65.2 Å². The molecular weight excluding hydrogens is 623 g/mol. The standard InChI is InChI=1S/C27H51N3O8S4/c1-28(8-2-10-29(12-4-24(31)35-16-20-39)13-5-25(32)36-17-21-40)9-3-11-30(14-6-26(33)37-18-22-41)15-7-27(34)38-19-23-42/h39-42H,2-23H2,1H3. The van der Waals surface area contributed by atoms with E-state index in [4.69, 9.17) is 18.9 Å². The predicted molar refractivity (Wildman–Crippen MR) is 177 cm³/mol. The molecule has 42 heavy (non-hydrogen) atoms. The Morgan fingerprint density at radius 3 is 0.952 bits per heavy atom. The molecule has 246 valence electrons. The van der Waals surface area contributed by atoms with Crippen molar-refractivity contribution in [2.24, 2.45) is 0 Å². The lowest BCUT2D eigenvalue weighted by Gasteiger charge is -2.25. The molecule has 0 saturated heterocycles. The van der Waals surface area contributed by atoms with Crippen LogP contribution in [0, 0.1) is 0 Å².